The van der Waals surface area contributed by atoms with E-state index in [1.54, 1.807) is 42.6 Å². The molecule has 26 heavy (non-hydrogen) atoms. The highest BCUT2D eigenvalue weighted by Gasteiger charge is 2.28. The molecule has 0 radical (unpaired) electrons. The Kier molecular flexibility index (Phi) is 4.73. The molecule has 0 saturated heterocycles. The van der Waals surface area contributed by atoms with E-state index in [9.17, 15) is 19.8 Å². The summed E-state index contributed by atoms with van der Waals surface area (Å²) in [5.74, 6) is -1.92. The first-order chi connectivity index (χ1) is 12.5. The Hall–Kier alpha value is -3.19. The third kappa shape index (κ3) is 2.93. The van der Waals surface area contributed by atoms with E-state index in [1.165, 1.54) is 24.0 Å². The predicted molar refractivity (Wildman–Crippen MR) is 98.2 cm³/mol. The number of aromatic nitrogens is 1. The second-order valence-electron chi connectivity index (χ2n) is 5.55. The number of hydrogen-bond donors (Lipinski definition) is 2. The first kappa shape index (κ1) is 17.6. The first-order valence-electron chi connectivity index (χ1n) is 7.61. The second kappa shape index (κ2) is 6.97. The van der Waals surface area contributed by atoms with Crippen LogP contribution < -0.4 is 4.74 Å². The minimum atomic E-state index is -1.23. The number of aryl methyl sites for hydroxylation is 1. The van der Waals surface area contributed by atoms with E-state index < -0.39 is 11.9 Å². The van der Waals surface area contributed by atoms with Gasteiger partial charge < -0.3 is 14.9 Å². The monoisotopic (exact) mass is 369 g/mol. The number of benzene rings is 2. The second-order valence-corrected chi connectivity index (χ2v) is 6.27. The summed E-state index contributed by atoms with van der Waals surface area (Å²) in [6.07, 6.45) is 0. The molecular formula is C19H15NO5S. The summed E-state index contributed by atoms with van der Waals surface area (Å²) in [6, 6.07) is 8.59. The third-order valence-electron chi connectivity index (χ3n) is 4.04. The smallest absolute Gasteiger partial charge is 0.337 e. The molecule has 3 aromatic rings. The Balaban J connectivity index is 2.48. The minimum Gasteiger partial charge on any atom is -0.496 e. The first-order valence-corrected chi connectivity index (χ1v) is 8.56. The zero-order valence-corrected chi connectivity index (χ0v) is 14.8. The molecule has 0 bridgehead atoms. The molecule has 0 spiro atoms. The quantitative estimate of drug-likeness (QED) is 0.700. The highest BCUT2D eigenvalue weighted by Crippen LogP contribution is 2.40. The van der Waals surface area contributed by atoms with Gasteiger partial charge in [-0.15, -0.1) is 11.3 Å². The summed E-state index contributed by atoms with van der Waals surface area (Å²) in [5.41, 5.74) is 3.21. The average molecular weight is 369 g/mol. The molecule has 132 valence electrons. The van der Waals surface area contributed by atoms with E-state index in [0.29, 0.717) is 28.1 Å². The van der Waals surface area contributed by atoms with E-state index in [-0.39, 0.29) is 16.7 Å². The lowest BCUT2D eigenvalue weighted by Crippen LogP contribution is -2.11. The fraction of sp³-hybridized carbons (Fsp3) is 0.105. The molecule has 0 aliphatic rings. The van der Waals surface area contributed by atoms with Gasteiger partial charge in [0.25, 0.3) is 0 Å². The fourth-order valence-electron chi connectivity index (χ4n) is 2.99. The highest BCUT2D eigenvalue weighted by atomic mass is 32.1. The molecule has 0 fully saturated rings. The van der Waals surface area contributed by atoms with E-state index in [2.05, 4.69) is 4.98 Å². The summed E-state index contributed by atoms with van der Waals surface area (Å²) in [5, 5.41) is 21.2. The number of carboxylic acids is 2. The SMILES string of the molecule is COc1ccccc1-c1cc(C)c(C(=O)O)c(-c2cscn2)c1C(=O)O. The van der Waals surface area contributed by atoms with Crippen LogP contribution in [0.3, 0.4) is 0 Å². The van der Waals surface area contributed by atoms with Crippen LogP contribution in [0, 0.1) is 6.92 Å². The van der Waals surface area contributed by atoms with Crippen molar-refractivity contribution in [3.05, 3.63) is 57.9 Å². The lowest BCUT2D eigenvalue weighted by atomic mass is 9.87. The number of para-hydroxylation sites is 1. The van der Waals surface area contributed by atoms with Crippen molar-refractivity contribution in [3.63, 3.8) is 0 Å². The molecule has 6 nitrogen and oxygen atoms in total. The van der Waals surface area contributed by atoms with Gasteiger partial charge in [-0.2, -0.15) is 0 Å². The van der Waals surface area contributed by atoms with Gasteiger partial charge in [0.1, 0.15) is 5.75 Å². The molecular weight excluding hydrogens is 354 g/mol. The number of thiazole rings is 1. The molecule has 3 rings (SSSR count). The predicted octanol–water partition coefficient (Wildman–Crippen LogP) is 4.19. The van der Waals surface area contributed by atoms with Gasteiger partial charge in [0.15, 0.2) is 0 Å². The molecule has 7 heteroatoms. The zero-order valence-electron chi connectivity index (χ0n) is 14.0. The van der Waals surface area contributed by atoms with E-state index in [0.717, 1.165) is 0 Å². The van der Waals surface area contributed by atoms with Gasteiger partial charge in [-0.1, -0.05) is 18.2 Å². The van der Waals surface area contributed by atoms with Gasteiger partial charge in [-0.25, -0.2) is 14.6 Å². The molecule has 0 amide bonds. The van der Waals surface area contributed by atoms with Crippen molar-refractivity contribution in [2.75, 3.05) is 7.11 Å². The van der Waals surface area contributed by atoms with Crippen LogP contribution in [0.5, 0.6) is 5.75 Å². The maximum absolute atomic E-state index is 12.1. The number of carbonyl (C=O) groups is 2. The highest BCUT2D eigenvalue weighted by molar-refractivity contribution is 7.07. The van der Waals surface area contributed by atoms with Crippen LogP contribution in [0.4, 0.5) is 0 Å². The van der Waals surface area contributed by atoms with Crippen LogP contribution in [0.25, 0.3) is 22.4 Å². The van der Waals surface area contributed by atoms with Crippen LogP contribution in [0.2, 0.25) is 0 Å². The molecule has 0 aliphatic carbocycles. The third-order valence-corrected chi connectivity index (χ3v) is 4.62. The lowest BCUT2D eigenvalue weighted by Gasteiger charge is -2.17. The van der Waals surface area contributed by atoms with Crippen molar-refractivity contribution in [2.45, 2.75) is 6.92 Å². The van der Waals surface area contributed by atoms with Crippen molar-refractivity contribution < 1.29 is 24.5 Å². The van der Waals surface area contributed by atoms with Crippen molar-refractivity contribution in [3.8, 4) is 28.1 Å². The molecule has 1 aromatic heterocycles. The number of aromatic carboxylic acids is 2. The summed E-state index contributed by atoms with van der Waals surface area (Å²) in [4.78, 5) is 28.1. The Morgan fingerprint density at radius 2 is 1.77 bits per heavy atom. The maximum Gasteiger partial charge on any atom is 0.337 e. The van der Waals surface area contributed by atoms with E-state index >= 15 is 0 Å². The molecule has 0 aliphatic heterocycles. The summed E-state index contributed by atoms with van der Waals surface area (Å²) >= 11 is 1.27. The van der Waals surface area contributed by atoms with Crippen molar-refractivity contribution in [1.29, 1.82) is 0 Å². The summed E-state index contributed by atoms with van der Waals surface area (Å²) in [6.45, 7) is 1.64. The molecule has 0 atom stereocenters. The van der Waals surface area contributed by atoms with Crippen LogP contribution in [0.1, 0.15) is 26.3 Å². The van der Waals surface area contributed by atoms with Crippen LogP contribution >= 0.6 is 11.3 Å². The van der Waals surface area contributed by atoms with Crippen LogP contribution in [0.15, 0.2) is 41.2 Å². The number of methoxy groups -OCH3 is 1. The van der Waals surface area contributed by atoms with E-state index in [4.69, 9.17) is 4.74 Å². The number of rotatable bonds is 5. The number of nitrogens with zero attached hydrogens (tertiary/aromatic N) is 1. The zero-order chi connectivity index (χ0) is 18.8. The Morgan fingerprint density at radius 1 is 1.08 bits per heavy atom. The average Bonchev–Trinajstić information content (AvgIpc) is 3.14. The number of carboxylic acid groups (broad SMARTS) is 2. The van der Waals surface area contributed by atoms with Gasteiger partial charge in [-0.05, 0) is 24.6 Å². The Labute approximate surface area is 153 Å². The normalized spacial score (nSPS) is 10.5. The lowest BCUT2D eigenvalue weighted by molar-refractivity contribution is 0.0695. The number of ether oxygens (including phenoxy) is 1. The fourth-order valence-corrected chi connectivity index (χ4v) is 3.53. The molecule has 0 unspecified atom stereocenters. The molecule has 1 heterocycles. The minimum absolute atomic E-state index is 0.0630. The number of hydrogen-bond acceptors (Lipinski definition) is 5. The Bertz CT molecular complexity index is 995. The van der Waals surface area contributed by atoms with Gasteiger partial charge in [0, 0.05) is 22.1 Å². The van der Waals surface area contributed by atoms with E-state index in [1.807, 2.05) is 0 Å². The van der Waals surface area contributed by atoms with Crippen molar-refractivity contribution in [2.24, 2.45) is 0 Å². The largest absolute Gasteiger partial charge is 0.496 e. The van der Waals surface area contributed by atoms with Gasteiger partial charge in [-0.3, -0.25) is 0 Å². The van der Waals surface area contributed by atoms with Gasteiger partial charge in [0.05, 0.1) is 29.4 Å². The van der Waals surface area contributed by atoms with Crippen LogP contribution in [-0.2, 0) is 0 Å². The standard InChI is InChI=1S/C19H15NO5S/c1-10-7-12(11-5-3-4-6-14(11)25-2)16(19(23)24)17(15(10)18(21)22)13-8-26-9-20-13/h3-9H,1-2H3,(H,21,22)(H,23,24). The topological polar surface area (TPSA) is 96.7 Å². The Morgan fingerprint density at radius 3 is 2.35 bits per heavy atom. The molecule has 0 saturated carbocycles. The molecule has 2 N–H and O–H groups in total. The van der Waals surface area contributed by atoms with Crippen LogP contribution in [-0.4, -0.2) is 34.2 Å². The van der Waals surface area contributed by atoms with Crippen molar-refractivity contribution >= 4 is 23.3 Å². The summed E-state index contributed by atoms with van der Waals surface area (Å²) in [7, 11) is 1.50. The maximum atomic E-state index is 12.1. The van der Waals surface area contributed by atoms with Crippen molar-refractivity contribution in [1.82, 2.24) is 4.98 Å². The summed E-state index contributed by atoms with van der Waals surface area (Å²) < 4.78 is 5.36. The molecule has 2 aromatic carbocycles. The van der Waals surface area contributed by atoms with Gasteiger partial charge in [0.2, 0.25) is 0 Å². The van der Waals surface area contributed by atoms with Gasteiger partial charge >= 0.3 is 11.9 Å².